The van der Waals surface area contributed by atoms with Crippen molar-refractivity contribution in [1.82, 2.24) is 4.90 Å². The molecule has 0 rings (SSSR count). The van der Waals surface area contributed by atoms with Crippen LogP contribution in [0.5, 0.6) is 0 Å². The summed E-state index contributed by atoms with van der Waals surface area (Å²) in [5.41, 5.74) is 5.95. The van der Waals surface area contributed by atoms with Crippen molar-refractivity contribution in [2.75, 3.05) is 33.9 Å². The summed E-state index contributed by atoms with van der Waals surface area (Å²) in [7, 11) is 3.58. The van der Waals surface area contributed by atoms with Crippen molar-refractivity contribution in [2.45, 2.75) is 32.9 Å². The van der Waals surface area contributed by atoms with Crippen molar-refractivity contribution in [3.63, 3.8) is 0 Å². The fourth-order valence-electron chi connectivity index (χ4n) is 1.51. The van der Waals surface area contributed by atoms with Crippen LogP contribution >= 0.6 is 0 Å². The second kappa shape index (κ2) is 6.43. The summed E-state index contributed by atoms with van der Waals surface area (Å²) in [4.78, 5) is 2.09. The minimum Gasteiger partial charge on any atom is -0.389 e. The highest BCUT2D eigenvalue weighted by Gasteiger charge is 2.25. The number of methoxy groups -OCH3 is 1. The zero-order valence-electron chi connectivity index (χ0n) is 10.7. The van der Waals surface area contributed by atoms with Gasteiger partial charge < -0.3 is 20.5 Å². The normalized spacial score (nSPS) is 16.8. The van der Waals surface area contributed by atoms with E-state index in [-0.39, 0.29) is 11.5 Å². The van der Waals surface area contributed by atoms with E-state index in [4.69, 9.17) is 10.5 Å². The lowest BCUT2D eigenvalue weighted by molar-refractivity contribution is 0.0344. The molecule has 0 aromatic heterocycles. The summed E-state index contributed by atoms with van der Waals surface area (Å²) in [6, 6.07) is 0.138. The molecule has 92 valence electrons. The summed E-state index contributed by atoms with van der Waals surface area (Å²) >= 11 is 0. The van der Waals surface area contributed by atoms with Gasteiger partial charge in [0.25, 0.3) is 0 Å². The van der Waals surface area contributed by atoms with Crippen LogP contribution in [-0.4, -0.2) is 56.0 Å². The van der Waals surface area contributed by atoms with Crippen LogP contribution in [0.1, 0.15) is 20.8 Å². The van der Waals surface area contributed by atoms with Gasteiger partial charge in [-0.2, -0.15) is 0 Å². The molecule has 0 fully saturated rings. The van der Waals surface area contributed by atoms with Crippen molar-refractivity contribution in [1.29, 1.82) is 0 Å². The van der Waals surface area contributed by atoms with E-state index in [1.807, 2.05) is 14.0 Å². The van der Waals surface area contributed by atoms with Crippen LogP contribution in [0.25, 0.3) is 0 Å². The first-order chi connectivity index (χ1) is 6.79. The highest BCUT2D eigenvalue weighted by atomic mass is 16.5. The fourth-order valence-corrected chi connectivity index (χ4v) is 1.51. The van der Waals surface area contributed by atoms with E-state index in [1.165, 1.54) is 0 Å². The van der Waals surface area contributed by atoms with E-state index >= 15 is 0 Å². The Bertz CT molecular complexity index is 172. The second-order valence-electron chi connectivity index (χ2n) is 5.08. The lowest BCUT2D eigenvalue weighted by atomic mass is 9.85. The number of aliphatic hydroxyl groups excluding tert-OH is 1. The quantitative estimate of drug-likeness (QED) is 0.645. The predicted octanol–water partition coefficient (Wildman–Crippen LogP) is 0.299. The van der Waals surface area contributed by atoms with Gasteiger partial charge in [-0.25, -0.2) is 0 Å². The number of ether oxygens (including phenoxy) is 1. The molecule has 0 spiro atoms. The highest BCUT2D eigenvalue weighted by Crippen LogP contribution is 2.19. The summed E-state index contributed by atoms with van der Waals surface area (Å²) in [5, 5.41) is 9.56. The largest absolute Gasteiger partial charge is 0.389 e. The third-order valence-electron chi connectivity index (χ3n) is 2.79. The molecule has 0 saturated heterocycles. The third-order valence-corrected chi connectivity index (χ3v) is 2.79. The molecule has 2 atom stereocenters. The van der Waals surface area contributed by atoms with Gasteiger partial charge >= 0.3 is 0 Å². The zero-order valence-corrected chi connectivity index (χ0v) is 10.7. The van der Waals surface area contributed by atoms with Gasteiger partial charge in [-0.15, -0.1) is 0 Å². The average molecular weight is 218 g/mol. The molecule has 4 nitrogen and oxygen atoms in total. The molecule has 0 aromatic rings. The number of rotatable bonds is 7. The number of aliphatic hydroxyl groups is 1. The van der Waals surface area contributed by atoms with Crippen molar-refractivity contribution >= 4 is 0 Å². The summed E-state index contributed by atoms with van der Waals surface area (Å²) in [6.45, 7) is 8.14. The minimum absolute atomic E-state index is 0.0571. The molecule has 0 radical (unpaired) electrons. The Kier molecular flexibility index (Phi) is 6.36. The Morgan fingerprint density at radius 3 is 2.40 bits per heavy atom. The van der Waals surface area contributed by atoms with E-state index in [9.17, 15) is 5.11 Å². The van der Waals surface area contributed by atoms with Crippen LogP contribution in [0.2, 0.25) is 0 Å². The van der Waals surface area contributed by atoms with Crippen LogP contribution in [0.15, 0.2) is 0 Å². The molecule has 0 heterocycles. The summed E-state index contributed by atoms with van der Waals surface area (Å²) in [5.74, 6) is 0. The van der Waals surface area contributed by atoms with Gasteiger partial charge in [0.05, 0.1) is 12.7 Å². The highest BCUT2D eigenvalue weighted by molar-refractivity contribution is 4.81. The van der Waals surface area contributed by atoms with Crippen molar-refractivity contribution in [3.05, 3.63) is 0 Å². The van der Waals surface area contributed by atoms with E-state index in [1.54, 1.807) is 7.11 Å². The van der Waals surface area contributed by atoms with Gasteiger partial charge in [-0.05, 0) is 19.4 Å². The molecule has 0 bridgehead atoms. The third kappa shape index (κ3) is 6.10. The SMILES string of the molecule is COCC(O)CN(C)CC(C)(C)C(C)N. The van der Waals surface area contributed by atoms with E-state index in [0.717, 1.165) is 6.54 Å². The Morgan fingerprint density at radius 2 is 2.00 bits per heavy atom. The standard InChI is InChI=1S/C11H26N2O2/c1-9(12)11(2,3)8-13(4)6-10(14)7-15-5/h9-10,14H,6-8,12H2,1-5H3. The summed E-state index contributed by atoms with van der Waals surface area (Å²) < 4.78 is 4.88. The van der Waals surface area contributed by atoms with Gasteiger partial charge in [-0.3, -0.25) is 0 Å². The summed E-state index contributed by atoms with van der Waals surface area (Å²) in [6.07, 6.45) is -0.427. The van der Waals surface area contributed by atoms with Crippen molar-refractivity contribution in [2.24, 2.45) is 11.1 Å². The van der Waals surface area contributed by atoms with Gasteiger partial charge in [-0.1, -0.05) is 13.8 Å². The molecule has 3 N–H and O–H groups in total. The lowest BCUT2D eigenvalue weighted by Gasteiger charge is -2.34. The van der Waals surface area contributed by atoms with Gasteiger partial charge in [0, 0.05) is 26.2 Å². The maximum absolute atomic E-state index is 9.56. The van der Waals surface area contributed by atoms with E-state index < -0.39 is 6.10 Å². The Hall–Kier alpha value is -0.160. The molecule has 0 aromatic carbocycles. The van der Waals surface area contributed by atoms with Crippen molar-refractivity contribution < 1.29 is 9.84 Å². The van der Waals surface area contributed by atoms with Crippen LogP contribution < -0.4 is 5.73 Å². The predicted molar refractivity (Wildman–Crippen MR) is 62.8 cm³/mol. The maximum atomic E-state index is 9.56. The van der Waals surface area contributed by atoms with Crippen LogP contribution in [0.3, 0.4) is 0 Å². The van der Waals surface area contributed by atoms with Crippen LogP contribution in [0, 0.1) is 5.41 Å². The van der Waals surface area contributed by atoms with Crippen molar-refractivity contribution in [3.8, 4) is 0 Å². The Balaban J connectivity index is 3.97. The number of hydrogen-bond donors (Lipinski definition) is 2. The Morgan fingerprint density at radius 1 is 1.47 bits per heavy atom. The number of nitrogens with zero attached hydrogens (tertiary/aromatic N) is 1. The second-order valence-corrected chi connectivity index (χ2v) is 5.08. The molecule has 0 aliphatic heterocycles. The molecule has 15 heavy (non-hydrogen) atoms. The van der Waals surface area contributed by atoms with Gasteiger partial charge in [0.2, 0.25) is 0 Å². The molecular formula is C11H26N2O2. The van der Waals surface area contributed by atoms with Gasteiger partial charge in [0.1, 0.15) is 0 Å². The first kappa shape index (κ1) is 14.8. The molecule has 0 aliphatic rings. The number of hydrogen-bond acceptors (Lipinski definition) is 4. The van der Waals surface area contributed by atoms with Gasteiger partial charge in [0.15, 0.2) is 0 Å². The zero-order chi connectivity index (χ0) is 12.1. The first-order valence-electron chi connectivity index (χ1n) is 5.40. The topological polar surface area (TPSA) is 58.7 Å². The molecule has 2 unspecified atom stereocenters. The van der Waals surface area contributed by atoms with Crippen LogP contribution in [-0.2, 0) is 4.74 Å². The molecular weight excluding hydrogens is 192 g/mol. The monoisotopic (exact) mass is 218 g/mol. The molecule has 0 saturated carbocycles. The average Bonchev–Trinajstić information content (AvgIpc) is 2.02. The fraction of sp³-hybridized carbons (Fsp3) is 1.00. The smallest absolute Gasteiger partial charge is 0.0899 e. The number of likely N-dealkylation sites (N-methyl/N-ethyl adjacent to an activating group) is 1. The Labute approximate surface area is 93.4 Å². The van der Waals surface area contributed by atoms with Crippen LogP contribution in [0.4, 0.5) is 0 Å². The number of nitrogens with two attached hydrogens (primary N) is 1. The van der Waals surface area contributed by atoms with E-state index in [2.05, 4.69) is 18.7 Å². The minimum atomic E-state index is -0.427. The lowest BCUT2D eigenvalue weighted by Crippen LogP contribution is -2.45. The molecule has 4 heteroatoms. The maximum Gasteiger partial charge on any atom is 0.0899 e. The first-order valence-corrected chi connectivity index (χ1v) is 5.40. The molecule has 0 aliphatic carbocycles. The van der Waals surface area contributed by atoms with E-state index in [0.29, 0.717) is 13.2 Å². The molecule has 0 amide bonds.